The number of carbonyl (C=O) groups is 1. The maximum atomic E-state index is 12.4. The van der Waals surface area contributed by atoms with Gasteiger partial charge in [-0.2, -0.15) is 0 Å². The maximum absolute atomic E-state index is 12.4. The topological polar surface area (TPSA) is 76.2 Å². The third-order valence-electron chi connectivity index (χ3n) is 4.53. The van der Waals surface area contributed by atoms with E-state index < -0.39 is 0 Å². The number of hydrogen-bond acceptors (Lipinski definition) is 5. The maximum Gasteiger partial charge on any atom is 0.287 e. The lowest BCUT2D eigenvalue weighted by atomic mass is 10.3. The van der Waals surface area contributed by atoms with Gasteiger partial charge in [-0.15, -0.1) is 10.2 Å². The Morgan fingerprint density at radius 3 is 2.92 bits per heavy atom. The summed E-state index contributed by atoms with van der Waals surface area (Å²) in [5.74, 6) is 2.74. The summed E-state index contributed by atoms with van der Waals surface area (Å²) in [5.41, 5.74) is 0. The lowest BCUT2D eigenvalue weighted by Crippen LogP contribution is -2.28. The van der Waals surface area contributed by atoms with Gasteiger partial charge in [0.05, 0.1) is 12.6 Å². The SMILES string of the molecule is CCN(CC)Cc1ccc(C(=O)N[C@@H](C)c2nnc3n2CCC3)o1. The lowest BCUT2D eigenvalue weighted by molar-refractivity contribution is 0.0906. The number of nitrogens with zero attached hydrogens (tertiary/aromatic N) is 4. The van der Waals surface area contributed by atoms with E-state index in [2.05, 4.69) is 38.8 Å². The normalized spacial score (nSPS) is 14.8. The summed E-state index contributed by atoms with van der Waals surface area (Å²) in [4.78, 5) is 14.7. The van der Waals surface area contributed by atoms with Gasteiger partial charge in [0, 0.05) is 13.0 Å². The number of furan rings is 1. The highest BCUT2D eigenvalue weighted by Gasteiger charge is 2.23. The third kappa shape index (κ3) is 3.36. The Hall–Kier alpha value is -2.15. The Kier molecular flexibility index (Phi) is 4.99. The summed E-state index contributed by atoms with van der Waals surface area (Å²) >= 11 is 0. The van der Waals surface area contributed by atoms with Crippen molar-refractivity contribution in [2.24, 2.45) is 0 Å². The molecule has 2 aromatic rings. The molecular weight excluding hydrogens is 306 g/mol. The second-order valence-electron chi connectivity index (χ2n) is 6.15. The molecule has 0 aromatic carbocycles. The van der Waals surface area contributed by atoms with Crippen molar-refractivity contribution in [3.63, 3.8) is 0 Å². The molecule has 0 radical (unpaired) electrons. The molecular formula is C17H25N5O2. The number of aryl methyl sites for hydroxylation is 1. The van der Waals surface area contributed by atoms with Gasteiger partial charge in [-0.05, 0) is 38.6 Å². The number of fused-ring (bicyclic) bond motifs is 1. The Labute approximate surface area is 142 Å². The van der Waals surface area contributed by atoms with Gasteiger partial charge in [0.1, 0.15) is 11.6 Å². The molecule has 1 atom stereocenters. The van der Waals surface area contributed by atoms with Crippen LogP contribution >= 0.6 is 0 Å². The highest BCUT2D eigenvalue weighted by molar-refractivity contribution is 5.91. The summed E-state index contributed by atoms with van der Waals surface area (Å²) in [5, 5.41) is 11.4. The molecule has 3 heterocycles. The van der Waals surface area contributed by atoms with E-state index in [-0.39, 0.29) is 11.9 Å². The fourth-order valence-electron chi connectivity index (χ4n) is 3.08. The van der Waals surface area contributed by atoms with Crippen LogP contribution in [0, 0.1) is 0 Å². The molecule has 130 valence electrons. The fraction of sp³-hybridized carbons (Fsp3) is 0.588. The highest BCUT2D eigenvalue weighted by Crippen LogP contribution is 2.19. The van der Waals surface area contributed by atoms with Gasteiger partial charge in [0.2, 0.25) is 0 Å². The zero-order chi connectivity index (χ0) is 17.1. The van der Waals surface area contributed by atoms with Crippen LogP contribution in [-0.2, 0) is 19.5 Å². The second kappa shape index (κ2) is 7.17. The van der Waals surface area contributed by atoms with Crippen molar-refractivity contribution >= 4 is 5.91 Å². The van der Waals surface area contributed by atoms with Crippen molar-refractivity contribution in [3.05, 3.63) is 35.3 Å². The van der Waals surface area contributed by atoms with Crippen LogP contribution < -0.4 is 5.32 Å². The first-order valence-electron chi connectivity index (χ1n) is 8.66. The molecule has 24 heavy (non-hydrogen) atoms. The first kappa shape index (κ1) is 16.7. The average molecular weight is 331 g/mol. The zero-order valence-corrected chi connectivity index (χ0v) is 14.6. The molecule has 0 saturated heterocycles. The van der Waals surface area contributed by atoms with Gasteiger partial charge in [-0.1, -0.05) is 13.8 Å². The first-order chi connectivity index (χ1) is 11.6. The molecule has 1 aliphatic heterocycles. The molecule has 7 heteroatoms. The van der Waals surface area contributed by atoms with E-state index in [4.69, 9.17) is 4.42 Å². The number of hydrogen-bond donors (Lipinski definition) is 1. The molecule has 0 saturated carbocycles. The molecule has 1 N–H and O–H groups in total. The number of aromatic nitrogens is 3. The first-order valence-corrected chi connectivity index (χ1v) is 8.66. The molecule has 0 unspecified atom stereocenters. The monoisotopic (exact) mass is 331 g/mol. The van der Waals surface area contributed by atoms with Crippen LogP contribution in [0.15, 0.2) is 16.5 Å². The van der Waals surface area contributed by atoms with Crippen LogP contribution in [0.25, 0.3) is 0 Å². The van der Waals surface area contributed by atoms with Crippen molar-refractivity contribution in [2.45, 2.75) is 52.7 Å². The van der Waals surface area contributed by atoms with E-state index in [1.54, 1.807) is 6.07 Å². The summed E-state index contributed by atoms with van der Waals surface area (Å²) < 4.78 is 7.79. The number of nitrogens with one attached hydrogen (secondary N) is 1. The molecule has 0 bridgehead atoms. The standard InChI is InChI=1S/C17H25N5O2/c1-4-21(5-2)11-13-8-9-14(24-13)17(23)18-12(3)16-20-19-15-7-6-10-22(15)16/h8-9,12H,4-7,10-11H2,1-3H3,(H,18,23)/t12-/m0/s1. The van der Waals surface area contributed by atoms with Gasteiger partial charge < -0.3 is 14.3 Å². The van der Waals surface area contributed by atoms with E-state index in [0.717, 1.165) is 49.9 Å². The Morgan fingerprint density at radius 1 is 1.38 bits per heavy atom. The molecule has 7 nitrogen and oxygen atoms in total. The number of carbonyl (C=O) groups excluding carboxylic acids is 1. The number of rotatable bonds is 7. The number of amides is 1. The average Bonchev–Trinajstić information content (AvgIpc) is 3.28. The van der Waals surface area contributed by atoms with E-state index >= 15 is 0 Å². The zero-order valence-electron chi connectivity index (χ0n) is 14.6. The summed E-state index contributed by atoms with van der Waals surface area (Å²) in [6, 6.07) is 3.40. The largest absolute Gasteiger partial charge is 0.455 e. The minimum Gasteiger partial charge on any atom is -0.455 e. The minimum absolute atomic E-state index is 0.201. The molecule has 0 spiro atoms. The molecule has 0 aliphatic carbocycles. The van der Waals surface area contributed by atoms with E-state index in [1.807, 2.05) is 13.0 Å². The van der Waals surface area contributed by atoms with Gasteiger partial charge in [0.25, 0.3) is 5.91 Å². The molecule has 0 fully saturated rings. The van der Waals surface area contributed by atoms with Crippen LogP contribution in [0.4, 0.5) is 0 Å². The van der Waals surface area contributed by atoms with Gasteiger partial charge in [-0.25, -0.2) is 0 Å². The Morgan fingerprint density at radius 2 is 2.17 bits per heavy atom. The van der Waals surface area contributed by atoms with E-state index in [9.17, 15) is 4.79 Å². The summed E-state index contributed by atoms with van der Waals surface area (Å²) in [7, 11) is 0. The van der Waals surface area contributed by atoms with Gasteiger partial charge in [-0.3, -0.25) is 9.69 Å². The fourth-order valence-corrected chi connectivity index (χ4v) is 3.08. The predicted molar refractivity (Wildman–Crippen MR) is 89.6 cm³/mol. The van der Waals surface area contributed by atoms with E-state index in [1.165, 1.54) is 0 Å². The predicted octanol–water partition coefficient (Wildman–Crippen LogP) is 2.15. The second-order valence-corrected chi connectivity index (χ2v) is 6.15. The molecule has 1 amide bonds. The van der Waals surface area contributed by atoms with Gasteiger partial charge in [0.15, 0.2) is 11.6 Å². The third-order valence-corrected chi connectivity index (χ3v) is 4.53. The quantitative estimate of drug-likeness (QED) is 0.841. The van der Waals surface area contributed by atoms with Gasteiger partial charge >= 0.3 is 0 Å². The van der Waals surface area contributed by atoms with Crippen LogP contribution in [0.2, 0.25) is 0 Å². The highest BCUT2D eigenvalue weighted by atomic mass is 16.4. The van der Waals surface area contributed by atoms with Crippen LogP contribution in [-0.4, -0.2) is 38.7 Å². The Balaban J connectivity index is 1.63. The summed E-state index contributed by atoms with van der Waals surface area (Å²) in [6.07, 6.45) is 2.05. The molecule has 3 rings (SSSR count). The van der Waals surface area contributed by atoms with Crippen molar-refractivity contribution in [3.8, 4) is 0 Å². The van der Waals surface area contributed by atoms with Crippen LogP contribution in [0.5, 0.6) is 0 Å². The molecule has 1 aliphatic rings. The van der Waals surface area contributed by atoms with Crippen molar-refractivity contribution in [1.29, 1.82) is 0 Å². The molecule has 2 aromatic heterocycles. The minimum atomic E-state index is -0.219. The van der Waals surface area contributed by atoms with E-state index in [0.29, 0.717) is 12.3 Å². The van der Waals surface area contributed by atoms with Crippen molar-refractivity contribution in [2.75, 3.05) is 13.1 Å². The van der Waals surface area contributed by atoms with Crippen LogP contribution in [0.3, 0.4) is 0 Å². The summed E-state index contributed by atoms with van der Waals surface area (Å²) in [6.45, 7) is 9.69. The smallest absolute Gasteiger partial charge is 0.287 e. The van der Waals surface area contributed by atoms with Crippen molar-refractivity contribution in [1.82, 2.24) is 25.0 Å². The van der Waals surface area contributed by atoms with Crippen LogP contribution in [0.1, 0.15) is 61.2 Å². The Bertz CT molecular complexity index is 702. The lowest BCUT2D eigenvalue weighted by Gasteiger charge is -2.16. The van der Waals surface area contributed by atoms with Crippen molar-refractivity contribution < 1.29 is 9.21 Å².